The Hall–Kier alpha value is -5.29. The highest BCUT2D eigenvalue weighted by atomic mass is 16.6. The molecule has 3 aromatic carbocycles. The Balaban J connectivity index is 1.51. The summed E-state index contributed by atoms with van der Waals surface area (Å²) in [5, 5.41) is 5.58. The van der Waals surface area contributed by atoms with E-state index in [2.05, 4.69) is 15.5 Å². The van der Waals surface area contributed by atoms with Crippen molar-refractivity contribution in [3.8, 4) is 11.5 Å². The molecule has 0 aliphatic rings. The molecule has 0 spiro atoms. The molecular formula is C39H47N3O8. The molecule has 2 N–H and O–H groups in total. The lowest BCUT2D eigenvalue weighted by molar-refractivity contribution is -0.118. The molecule has 0 fully saturated rings. The van der Waals surface area contributed by atoms with Crippen LogP contribution in [-0.2, 0) is 33.9 Å². The van der Waals surface area contributed by atoms with E-state index < -0.39 is 29.6 Å². The molecule has 11 heteroatoms. The minimum atomic E-state index is -1.02. The van der Waals surface area contributed by atoms with Gasteiger partial charge in [0.1, 0.15) is 48.7 Å². The fraction of sp³-hybridized carbons (Fsp3) is 0.359. The Bertz CT molecular complexity index is 1650. The van der Waals surface area contributed by atoms with E-state index in [1.807, 2.05) is 68.4 Å². The number of anilines is 1. The molecule has 1 atom stereocenters. The van der Waals surface area contributed by atoms with Crippen LogP contribution < -0.4 is 20.1 Å². The number of amides is 2. The topological polar surface area (TPSA) is 129 Å². The molecule has 0 radical (unpaired) electrons. The Morgan fingerprint density at radius 1 is 0.840 bits per heavy atom. The molecule has 1 heterocycles. The van der Waals surface area contributed by atoms with E-state index in [-0.39, 0.29) is 30.9 Å². The summed E-state index contributed by atoms with van der Waals surface area (Å²) in [5.41, 5.74) is 1.61. The highest BCUT2D eigenvalue weighted by Crippen LogP contribution is 2.28. The van der Waals surface area contributed by atoms with Crippen LogP contribution in [-0.4, -0.2) is 60.8 Å². The summed E-state index contributed by atoms with van der Waals surface area (Å²) in [6, 6.07) is 24.3. The summed E-state index contributed by atoms with van der Waals surface area (Å²) in [6.45, 7) is 12.4. The minimum absolute atomic E-state index is 0.0502. The number of hydrogen-bond acceptors (Lipinski definition) is 9. The van der Waals surface area contributed by atoms with E-state index in [1.54, 1.807) is 45.0 Å². The lowest BCUT2D eigenvalue weighted by atomic mass is 10.0. The van der Waals surface area contributed by atoms with E-state index in [1.165, 1.54) is 12.3 Å². The summed E-state index contributed by atoms with van der Waals surface area (Å²) in [7, 11) is 0. The number of benzene rings is 3. The first-order chi connectivity index (χ1) is 24.0. The molecule has 2 amide bonds. The average Bonchev–Trinajstić information content (AvgIpc) is 3.62. The lowest BCUT2D eigenvalue weighted by Crippen LogP contribution is -2.47. The quantitative estimate of drug-likeness (QED) is 0.113. The van der Waals surface area contributed by atoms with Gasteiger partial charge in [-0.1, -0.05) is 56.3 Å². The molecule has 4 rings (SSSR count). The molecular weight excluding hydrogens is 638 g/mol. The van der Waals surface area contributed by atoms with Crippen molar-refractivity contribution in [2.45, 2.75) is 65.9 Å². The van der Waals surface area contributed by atoms with Gasteiger partial charge in [-0.25, -0.2) is 9.59 Å². The van der Waals surface area contributed by atoms with Crippen molar-refractivity contribution < 1.29 is 37.7 Å². The van der Waals surface area contributed by atoms with Gasteiger partial charge in [0, 0.05) is 13.0 Å². The zero-order chi connectivity index (χ0) is 35.9. The number of carbonyl (C=O) groups is 3. The van der Waals surface area contributed by atoms with Crippen molar-refractivity contribution in [1.82, 2.24) is 10.2 Å². The maximum absolute atomic E-state index is 13.8. The minimum Gasteiger partial charge on any atom is -0.489 e. The second-order valence-electron chi connectivity index (χ2n) is 12.6. The number of nitrogens with one attached hydrogen (secondary N) is 2. The molecule has 266 valence electrons. The first kappa shape index (κ1) is 37.5. The molecule has 4 aromatic rings. The van der Waals surface area contributed by atoms with Crippen LogP contribution >= 0.6 is 0 Å². The standard InChI is InChI=1S/C39H47N3O8/c1-6-42(7-2)21-23-47-37(44)30-17-20-33(35(25-30)49-27-32-14-11-22-46-32)40-36(43)34(41-38(45)50-39(3,4)5)24-28-15-18-31(19-16-28)48-26-29-12-9-8-10-13-29/h8-20,22,25,34H,6-7,21,23-24,26-27H2,1-5H3,(H,40,43)(H,41,45). The van der Waals surface area contributed by atoms with Crippen LogP contribution in [0.2, 0.25) is 0 Å². The van der Waals surface area contributed by atoms with Crippen LogP contribution in [0, 0.1) is 0 Å². The number of rotatable bonds is 17. The second-order valence-corrected chi connectivity index (χ2v) is 12.6. The van der Waals surface area contributed by atoms with Crippen molar-refractivity contribution in [1.29, 1.82) is 0 Å². The predicted molar refractivity (Wildman–Crippen MR) is 190 cm³/mol. The Labute approximate surface area is 293 Å². The summed E-state index contributed by atoms with van der Waals surface area (Å²) in [4.78, 5) is 41.8. The smallest absolute Gasteiger partial charge is 0.408 e. The van der Waals surface area contributed by atoms with Gasteiger partial charge >= 0.3 is 12.1 Å². The molecule has 50 heavy (non-hydrogen) atoms. The van der Waals surface area contributed by atoms with Crippen LogP contribution in [0.15, 0.2) is 95.6 Å². The number of likely N-dealkylation sites (N-methyl/N-ethyl adjacent to an activating group) is 1. The highest BCUT2D eigenvalue weighted by molar-refractivity contribution is 5.99. The van der Waals surface area contributed by atoms with Gasteiger partial charge in [0.2, 0.25) is 5.91 Å². The van der Waals surface area contributed by atoms with Gasteiger partial charge < -0.3 is 38.9 Å². The molecule has 1 aromatic heterocycles. The number of ether oxygens (including phenoxy) is 4. The third-order valence-corrected chi connectivity index (χ3v) is 7.58. The van der Waals surface area contributed by atoms with Crippen LogP contribution in [0.5, 0.6) is 11.5 Å². The van der Waals surface area contributed by atoms with Gasteiger partial charge in [0.05, 0.1) is 17.5 Å². The second kappa shape index (κ2) is 18.5. The molecule has 0 aliphatic carbocycles. The highest BCUT2D eigenvalue weighted by Gasteiger charge is 2.26. The van der Waals surface area contributed by atoms with Crippen molar-refractivity contribution in [3.05, 3.63) is 114 Å². The zero-order valence-corrected chi connectivity index (χ0v) is 29.4. The van der Waals surface area contributed by atoms with Crippen LogP contribution in [0.3, 0.4) is 0 Å². The largest absolute Gasteiger partial charge is 0.489 e. The number of furan rings is 1. The fourth-order valence-electron chi connectivity index (χ4n) is 4.88. The molecule has 0 saturated heterocycles. The Kier molecular flexibility index (Phi) is 13.9. The normalized spacial score (nSPS) is 11.8. The van der Waals surface area contributed by atoms with Gasteiger partial charge in [-0.15, -0.1) is 0 Å². The van der Waals surface area contributed by atoms with Crippen molar-refractivity contribution in [2.24, 2.45) is 0 Å². The maximum Gasteiger partial charge on any atom is 0.408 e. The molecule has 0 bridgehead atoms. The van der Waals surface area contributed by atoms with Crippen LogP contribution in [0.4, 0.5) is 10.5 Å². The Morgan fingerprint density at radius 3 is 2.24 bits per heavy atom. The summed E-state index contributed by atoms with van der Waals surface area (Å²) < 4.78 is 28.3. The van der Waals surface area contributed by atoms with Gasteiger partial charge in [0.25, 0.3) is 0 Å². The van der Waals surface area contributed by atoms with Crippen molar-refractivity contribution in [2.75, 3.05) is 31.6 Å². The SMILES string of the molecule is CCN(CC)CCOC(=O)c1ccc(NC(=O)C(Cc2ccc(OCc3ccccc3)cc2)NC(=O)OC(C)(C)C)c(OCc2ccco2)c1. The Morgan fingerprint density at radius 2 is 1.58 bits per heavy atom. The lowest BCUT2D eigenvalue weighted by Gasteiger charge is -2.24. The molecule has 1 unspecified atom stereocenters. The van der Waals surface area contributed by atoms with E-state index >= 15 is 0 Å². The first-order valence-corrected chi connectivity index (χ1v) is 16.8. The number of alkyl carbamates (subject to hydrolysis) is 1. The van der Waals surface area contributed by atoms with Gasteiger partial charge in [-0.05, 0) is 87.5 Å². The zero-order valence-electron chi connectivity index (χ0n) is 29.4. The van der Waals surface area contributed by atoms with Crippen molar-refractivity contribution in [3.63, 3.8) is 0 Å². The first-order valence-electron chi connectivity index (χ1n) is 16.8. The van der Waals surface area contributed by atoms with E-state index in [0.29, 0.717) is 30.3 Å². The number of nitrogens with zero attached hydrogens (tertiary/aromatic N) is 1. The molecule has 11 nitrogen and oxygen atoms in total. The summed E-state index contributed by atoms with van der Waals surface area (Å²) in [6.07, 6.45) is 0.946. The van der Waals surface area contributed by atoms with Gasteiger partial charge in [-0.2, -0.15) is 0 Å². The molecule has 0 saturated carbocycles. The summed E-state index contributed by atoms with van der Waals surface area (Å²) >= 11 is 0. The number of carbonyl (C=O) groups excluding carboxylic acids is 3. The van der Waals surface area contributed by atoms with E-state index in [4.69, 9.17) is 23.4 Å². The van der Waals surface area contributed by atoms with E-state index in [0.717, 1.165) is 24.2 Å². The molecule has 0 aliphatic heterocycles. The van der Waals surface area contributed by atoms with Gasteiger partial charge in [-0.3, -0.25) is 4.79 Å². The number of hydrogen-bond donors (Lipinski definition) is 2. The van der Waals surface area contributed by atoms with Gasteiger partial charge in [0.15, 0.2) is 0 Å². The van der Waals surface area contributed by atoms with Crippen molar-refractivity contribution >= 4 is 23.7 Å². The number of esters is 1. The summed E-state index contributed by atoms with van der Waals surface area (Å²) in [5.74, 6) is 0.416. The maximum atomic E-state index is 13.8. The fourth-order valence-corrected chi connectivity index (χ4v) is 4.88. The average molecular weight is 686 g/mol. The predicted octanol–water partition coefficient (Wildman–Crippen LogP) is 7.01. The third-order valence-electron chi connectivity index (χ3n) is 7.58. The third kappa shape index (κ3) is 12.3. The van der Waals surface area contributed by atoms with E-state index in [9.17, 15) is 14.4 Å². The monoisotopic (exact) mass is 685 g/mol. The van der Waals surface area contributed by atoms with Crippen LogP contribution in [0.25, 0.3) is 0 Å². The van der Waals surface area contributed by atoms with Crippen LogP contribution in [0.1, 0.15) is 61.9 Å².